The fourth-order valence-electron chi connectivity index (χ4n) is 0.950. The summed E-state index contributed by atoms with van der Waals surface area (Å²) >= 11 is 0. The van der Waals surface area contributed by atoms with E-state index >= 15 is 0 Å². The molecular weight excluding hydrogens is 226 g/mol. The molecule has 4 N–H and O–H groups in total. The monoisotopic (exact) mass is 249 g/mol. The zero-order valence-corrected chi connectivity index (χ0v) is 10.4. The van der Waals surface area contributed by atoms with Crippen LogP contribution in [0, 0.1) is 0 Å². The van der Waals surface area contributed by atoms with Crippen molar-refractivity contribution in [3.05, 3.63) is 0 Å². The highest BCUT2D eigenvalue weighted by atomic mass is 16.5. The van der Waals surface area contributed by atoms with Crippen LogP contribution < -0.4 is 16.4 Å². The molecule has 0 bridgehead atoms. The molecule has 0 aromatic rings. The van der Waals surface area contributed by atoms with Gasteiger partial charge in [-0.1, -0.05) is 0 Å². The minimum atomic E-state index is -0.207. The number of hydrogen-bond donors (Lipinski definition) is 3. The van der Waals surface area contributed by atoms with Crippen molar-refractivity contribution in [2.75, 3.05) is 59.8 Å². The average Bonchev–Trinajstić information content (AvgIpc) is 2.35. The second kappa shape index (κ2) is 13.2. The number of nitrogens with two attached hydrogens (primary N) is 1. The summed E-state index contributed by atoms with van der Waals surface area (Å²) in [6.45, 7) is 4.17. The first-order chi connectivity index (χ1) is 8.31. The van der Waals surface area contributed by atoms with Gasteiger partial charge in [0.25, 0.3) is 0 Å². The maximum absolute atomic E-state index is 10.7. The van der Waals surface area contributed by atoms with Gasteiger partial charge in [-0.3, -0.25) is 0 Å². The molecule has 0 unspecified atom stereocenters. The molecule has 7 nitrogen and oxygen atoms in total. The van der Waals surface area contributed by atoms with Crippen LogP contribution in [0.3, 0.4) is 0 Å². The zero-order valence-electron chi connectivity index (χ0n) is 10.4. The van der Waals surface area contributed by atoms with E-state index in [1.807, 2.05) is 0 Å². The lowest BCUT2D eigenvalue weighted by molar-refractivity contribution is 0.0168. The zero-order chi connectivity index (χ0) is 12.8. The van der Waals surface area contributed by atoms with E-state index in [0.717, 1.165) is 0 Å². The predicted octanol–water partition coefficient (Wildman–Crippen LogP) is -1.08. The summed E-state index contributed by atoms with van der Waals surface area (Å²) in [6.07, 6.45) is 0. The summed E-state index contributed by atoms with van der Waals surface area (Å²) in [4.78, 5) is 10.7. The lowest BCUT2D eigenvalue weighted by atomic mass is 10.6. The number of carbonyl (C=O) groups excluding carboxylic acids is 1. The molecule has 0 fully saturated rings. The van der Waals surface area contributed by atoms with Crippen LogP contribution in [0.5, 0.6) is 0 Å². The van der Waals surface area contributed by atoms with Gasteiger partial charge in [0.15, 0.2) is 0 Å². The molecule has 0 spiro atoms. The highest BCUT2D eigenvalue weighted by molar-refractivity contribution is 5.73. The Kier molecular flexibility index (Phi) is 12.5. The molecule has 0 saturated heterocycles. The smallest absolute Gasteiger partial charge is 0.314 e. The average molecular weight is 249 g/mol. The summed E-state index contributed by atoms with van der Waals surface area (Å²) < 4.78 is 15.6. The van der Waals surface area contributed by atoms with Crippen molar-refractivity contribution in [1.82, 2.24) is 10.6 Å². The van der Waals surface area contributed by atoms with Crippen LogP contribution in [0.4, 0.5) is 4.79 Å². The molecule has 0 radical (unpaired) electrons. The van der Waals surface area contributed by atoms with Gasteiger partial charge in [-0.15, -0.1) is 0 Å². The first-order valence-electron chi connectivity index (χ1n) is 5.70. The van der Waals surface area contributed by atoms with Crippen LogP contribution >= 0.6 is 0 Å². The minimum Gasteiger partial charge on any atom is -0.378 e. The SMILES string of the molecule is CNC(=O)NCCOCCOCCOCCN. The third-order valence-corrected chi connectivity index (χ3v) is 1.77. The van der Waals surface area contributed by atoms with Crippen LogP contribution in [0.25, 0.3) is 0 Å². The molecule has 7 heteroatoms. The van der Waals surface area contributed by atoms with Gasteiger partial charge in [0.05, 0.1) is 39.6 Å². The van der Waals surface area contributed by atoms with Gasteiger partial charge in [-0.25, -0.2) is 4.79 Å². The van der Waals surface area contributed by atoms with Crippen LogP contribution in [0.2, 0.25) is 0 Å². The van der Waals surface area contributed by atoms with Gasteiger partial charge in [-0.2, -0.15) is 0 Å². The molecule has 0 rings (SSSR count). The second-order valence-electron chi connectivity index (χ2n) is 3.13. The predicted molar refractivity (Wildman–Crippen MR) is 64.0 cm³/mol. The quantitative estimate of drug-likeness (QED) is 0.405. The van der Waals surface area contributed by atoms with E-state index in [0.29, 0.717) is 52.7 Å². The van der Waals surface area contributed by atoms with E-state index in [4.69, 9.17) is 19.9 Å². The molecular formula is C10H23N3O4. The van der Waals surface area contributed by atoms with E-state index in [-0.39, 0.29) is 6.03 Å². The van der Waals surface area contributed by atoms with Gasteiger partial charge in [0.1, 0.15) is 0 Å². The number of rotatable bonds is 11. The molecule has 2 amide bonds. The van der Waals surface area contributed by atoms with Crippen molar-refractivity contribution >= 4 is 6.03 Å². The van der Waals surface area contributed by atoms with Crippen molar-refractivity contribution in [3.8, 4) is 0 Å². The number of urea groups is 1. The summed E-state index contributed by atoms with van der Waals surface area (Å²) in [5.41, 5.74) is 5.25. The second-order valence-corrected chi connectivity index (χ2v) is 3.13. The Balaban J connectivity index is 2.96. The van der Waals surface area contributed by atoms with Gasteiger partial charge in [0.2, 0.25) is 0 Å². The summed E-state index contributed by atoms with van der Waals surface area (Å²) in [5.74, 6) is 0. The van der Waals surface area contributed by atoms with Crippen molar-refractivity contribution in [2.45, 2.75) is 0 Å². The standard InChI is InChI=1S/C10H23N3O4/c1-12-10(14)13-3-5-16-7-9-17-8-6-15-4-2-11/h2-9,11H2,1H3,(H2,12,13,14). The number of ether oxygens (including phenoxy) is 3. The number of hydrogen-bond acceptors (Lipinski definition) is 5. The number of amides is 2. The first kappa shape index (κ1) is 16.1. The van der Waals surface area contributed by atoms with Gasteiger partial charge in [-0.05, 0) is 0 Å². The number of nitrogens with one attached hydrogen (secondary N) is 2. The summed E-state index contributed by atoms with van der Waals surface area (Å²) in [5, 5.41) is 5.06. The maximum atomic E-state index is 10.7. The van der Waals surface area contributed by atoms with E-state index in [2.05, 4.69) is 10.6 Å². The molecule has 0 aliphatic rings. The summed E-state index contributed by atoms with van der Waals surface area (Å²) in [6, 6.07) is -0.207. The Morgan fingerprint density at radius 2 is 1.53 bits per heavy atom. The van der Waals surface area contributed by atoms with Gasteiger partial charge in [0, 0.05) is 20.1 Å². The third-order valence-electron chi connectivity index (χ3n) is 1.77. The van der Waals surface area contributed by atoms with E-state index in [9.17, 15) is 4.79 Å². The Morgan fingerprint density at radius 1 is 1.00 bits per heavy atom. The molecule has 102 valence electrons. The van der Waals surface area contributed by atoms with E-state index < -0.39 is 0 Å². The van der Waals surface area contributed by atoms with Crippen LogP contribution in [0.15, 0.2) is 0 Å². The molecule has 0 saturated carbocycles. The maximum Gasteiger partial charge on any atom is 0.314 e. The topological polar surface area (TPSA) is 94.8 Å². The van der Waals surface area contributed by atoms with Crippen LogP contribution in [0.1, 0.15) is 0 Å². The Labute approximate surface area is 102 Å². The largest absolute Gasteiger partial charge is 0.378 e. The molecule has 0 aromatic heterocycles. The van der Waals surface area contributed by atoms with Crippen molar-refractivity contribution in [2.24, 2.45) is 5.73 Å². The first-order valence-corrected chi connectivity index (χ1v) is 5.70. The number of carbonyl (C=O) groups is 1. The highest BCUT2D eigenvalue weighted by Gasteiger charge is 1.94. The minimum absolute atomic E-state index is 0.207. The normalized spacial score (nSPS) is 10.2. The van der Waals surface area contributed by atoms with Crippen molar-refractivity contribution in [3.63, 3.8) is 0 Å². The fourth-order valence-corrected chi connectivity index (χ4v) is 0.950. The Morgan fingerprint density at radius 3 is 2.06 bits per heavy atom. The van der Waals surface area contributed by atoms with Crippen molar-refractivity contribution < 1.29 is 19.0 Å². The van der Waals surface area contributed by atoms with Crippen molar-refractivity contribution in [1.29, 1.82) is 0 Å². The lowest BCUT2D eigenvalue weighted by Gasteiger charge is -2.07. The van der Waals surface area contributed by atoms with E-state index in [1.165, 1.54) is 0 Å². The highest BCUT2D eigenvalue weighted by Crippen LogP contribution is 1.80. The molecule has 17 heavy (non-hydrogen) atoms. The molecule has 0 aliphatic heterocycles. The molecule has 0 atom stereocenters. The lowest BCUT2D eigenvalue weighted by Crippen LogP contribution is -2.35. The Bertz CT molecular complexity index is 181. The molecule has 0 aromatic carbocycles. The summed E-state index contributed by atoms with van der Waals surface area (Å²) in [7, 11) is 1.57. The Hall–Kier alpha value is -0.890. The molecule has 0 aliphatic carbocycles. The van der Waals surface area contributed by atoms with Crippen LogP contribution in [-0.4, -0.2) is 65.8 Å². The van der Waals surface area contributed by atoms with Gasteiger partial charge >= 0.3 is 6.03 Å². The van der Waals surface area contributed by atoms with Crippen LogP contribution in [-0.2, 0) is 14.2 Å². The third kappa shape index (κ3) is 13.0. The van der Waals surface area contributed by atoms with Gasteiger partial charge < -0.3 is 30.6 Å². The molecule has 0 heterocycles. The fraction of sp³-hybridized carbons (Fsp3) is 0.900. The van der Waals surface area contributed by atoms with E-state index in [1.54, 1.807) is 7.05 Å².